The van der Waals surface area contributed by atoms with Crippen LogP contribution in [0.1, 0.15) is 0 Å². The van der Waals surface area contributed by atoms with E-state index in [1.807, 2.05) is 33.7 Å². The lowest BCUT2D eigenvalue weighted by Gasteiger charge is -2.39. The Balaban J connectivity index is 1.54. The van der Waals surface area contributed by atoms with Crippen LogP contribution >= 0.6 is 0 Å². The van der Waals surface area contributed by atoms with Gasteiger partial charge in [0.15, 0.2) is 0 Å². The summed E-state index contributed by atoms with van der Waals surface area (Å²) < 4.78 is 15.8. The first-order chi connectivity index (χ1) is 14.0. The van der Waals surface area contributed by atoms with Crippen molar-refractivity contribution < 1.29 is 24.5 Å². The van der Waals surface area contributed by atoms with Crippen LogP contribution in [0.5, 0.6) is 0 Å². The number of fused-ring (bicyclic) bond motifs is 3. The highest BCUT2D eigenvalue weighted by Gasteiger charge is 2.30. The maximum atomic E-state index is 13.8. The van der Waals surface area contributed by atoms with E-state index in [9.17, 15) is 24.5 Å². The zero-order valence-corrected chi connectivity index (χ0v) is 15.9. The van der Waals surface area contributed by atoms with E-state index in [1.54, 1.807) is 6.07 Å². The van der Waals surface area contributed by atoms with Gasteiger partial charge in [-0.25, -0.2) is 9.18 Å². The minimum absolute atomic E-state index is 0.253. The smallest absolute Gasteiger partial charge is 0.407 e. The van der Waals surface area contributed by atoms with E-state index < -0.39 is 18.2 Å². The molecule has 0 saturated carbocycles. The molecule has 3 N–H and O–H groups in total. The molecule has 1 fully saturated rings. The molecule has 2 aromatic carbocycles. The molecule has 8 heteroatoms. The second-order valence-electron chi connectivity index (χ2n) is 7.51. The van der Waals surface area contributed by atoms with Crippen molar-refractivity contribution in [3.8, 4) is 0 Å². The molecule has 154 valence electrons. The molecule has 1 aliphatic heterocycles. The molecule has 1 saturated heterocycles. The number of aromatic nitrogens is 1. The fourth-order valence-electron chi connectivity index (χ4n) is 4.28. The van der Waals surface area contributed by atoms with Gasteiger partial charge >= 0.3 is 6.09 Å². The van der Waals surface area contributed by atoms with Crippen LogP contribution in [-0.2, 0) is 6.54 Å². The Labute approximate surface area is 167 Å². The molecule has 1 amide bonds. The number of carbonyl (C=O) groups is 1. The number of carboxylic acid groups (broad SMARTS) is 1. The lowest BCUT2D eigenvalue weighted by Crippen LogP contribution is -2.57. The summed E-state index contributed by atoms with van der Waals surface area (Å²) in [5.74, 6) is -0.299. The van der Waals surface area contributed by atoms with Crippen molar-refractivity contribution in [2.24, 2.45) is 0 Å². The Hall–Kier alpha value is -2.68. The van der Waals surface area contributed by atoms with Crippen LogP contribution in [0.4, 0.5) is 9.18 Å². The second-order valence-corrected chi connectivity index (χ2v) is 7.51. The van der Waals surface area contributed by atoms with E-state index in [0.717, 1.165) is 21.8 Å². The zero-order valence-electron chi connectivity index (χ0n) is 15.9. The van der Waals surface area contributed by atoms with Gasteiger partial charge in [0.1, 0.15) is 5.82 Å². The van der Waals surface area contributed by atoms with Crippen molar-refractivity contribution in [3.05, 3.63) is 48.3 Å². The quantitative estimate of drug-likeness (QED) is 0.608. The summed E-state index contributed by atoms with van der Waals surface area (Å²) in [5, 5.41) is 31.2. The minimum atomic E-state index is -1.04. The summed E-state index contributed by atoms with van der Waals surface area (Å²) >= 11 is 0. The van der Waals surface area contributed by atoms with Crippen molar-refractivity contribution in [3.63, 3.8) is 0 Å². The van der Waals surface area contributed by atoms with Crippen LogP contribution in [0.25, 0.3) is 21.8 Å². The number of piperazine rings is 1. The highest BCUT2D eigenvalue weighted by molar-refractivity contribution is 6.08. The minimum Gasteiger partial charge on any atom is -0.465 e. The van der Waals surface area contributed by atoms with E-state index >= 15 is 0 Å². The summed E-state index contributed by atoms with van der Waals surface area (Å²) in [5.41, 5.74) is 1.78. The van der Waals surface area contributed by atoms with Gasteiger partial charge in [0.25, 0.3) is 0 Å². The maximum Gasteiger partial charge on any atom is 0.407 e. The number of amides is 1. The SMILES string of the molecule is O=C(O)N1CCN(CC(O)Cn2c3ccccc3c3cc(F)ccc32)C[C@H]1CO. The highest BCUT2D eigenvalue weighted by atomic mass is 19.1. The number of hydrogen-bond acceptors (Lipinski definition) is 4. The van der Waals surface area contributed by atoms with Gasteiger partial charge < -0.3 is 24.8 Å². The van der Waals surface area contributed by atoms with Crippen LogP contribution in [0.15, 0.2) is 42.5 Å². The predicted molar refractivity (Wildman–Crippen MR) is 107 cm³/mol. The monoisotopic (exact) mass is 401 g/mol. The van der Waals surface area contributed by atoms with Crippen molar-refractivity contribution in [2.45, 2.75) is 18.7 Å². The molecule has 0 spiro atoms. The van der Waals surface area contributed by atoms with Crippen LogP contribution < -0.4 is 0 Å². The number of aliphatic hydroxyl groups is 2. The molecule has 0 bridgehead atoms. The third-order valence-electron chi connectivity index (χ3n) is 5.62. The van der Waals surface area contributed by atoms with E-state index in [-0.39, 0.29) is 12.4 Å². The van der Waals surface area contributed by atoms with Crippen molar-refractivity contribution in [2.75, 3.05) is 32.8 Å². The average molecular weight is 401 g/mol. The molecule has 4 rings (SSSR count). The van der Waals surface area contributed by atoms with Crippen LogP contribution in [0.2, 0.25) is 0 Å². The lowest BCUT2D eigenvalue weighted by atomic mass is 10.1. The molecule has 0 aliphatic carbocycles. The molecule has 2 heterocycles. The number of rotatable bonds is 5. The standard InChI is InChI=1S/C21H24FN3O4/c22-14-5-6-20-18(9-14)17-3-1-2-4-19(17)25(20)12-16(27)11-23-7-8-24(21(28)29)15(10-23)13-26/h1-6,9,15-16,26-27H,7-8,10-13H2,(H,28,29)/t15-,16?/m0/s1. The fourth-order valence-corrected chi connectivity index (χ4v) is 4.28. The van der Waals surface area contributed by atoms with E-state index in [0.29, 0.717) is 32.7 Å². The van der Waals surface area contributed by atoms with Gasteiger partial charge in [-0.2, -0.15) is 0 Å². The average Bonchev–Trinajstić information content (AvgIpc) is 3.00. The largest absolute Gasteiger partial charge is 0.465 e. The van der Waals surface area contributed by atoms with Crippen molar-refractivity contribution in [1.82, 2.24) is 14.4 Å². The number of hydrogen-bond donors (Lipinski definition) is 3. The van der Waals surface area contributed by atoms with Crippen molar-refractivity contribution >= 4 is 27.9 Å². The number of halogens is 1. The van der Waals surface area contributed by atoms with Gasteiger partial charge in [-0.05, 0) is 24.3 Å². The third-order valence-corrected chi connectivity index (χ3v) is 5.62. The first-order valence-electron chi connectivity index (χ1n) is 9.65. The van der Waals surface area contributed by atoms with Gasteiger partial charge in [0.05, 0.1) is 25.3 Å². The Kier molecular flexibility index (Phi) is 5.40. The van der Waals surface area contributed by atoms with Gasteiger partial charge in [-0.1, -0.05) is 18.2 Å². The Morgan fingerprint density at radius 1 is 1.10 bits per heavy atom. The highest BCUT2D eigenvalue weighted by Crippen LogP contribution is 2.29. The number of benzene rings is 2. The van der Waals surface area contributed by atoms with Gasteiger partial charge in [0, 0.05) is 48.0 Å². The summed E-state index contributed by atoms with van der Waals surface area (Å²) in [6.07, 6.45) is -1.74. The first kappa shape index (κ1) is 19.6. The molecule has 1 aliphatic rings. The van der Waals surface area contributed by atoms with Gasteiger partial charge in [0.2, 0.25) is 0 Å². The number of β-amino-alcohol motifs (C(OH)–C–C–N with tert-alkyl or cyclic N) is 1. The molecule has 1 unspecified atom stereocenters. The molecular formula is C21H24FN3O4. The molecular weight excluding hydrogens is 377 g/mol. The summed E-state index contributed by atoms with van der Waals surface area (Å²) in [7, 11) is 0. The second kappa shape index (κ2) is 7.98. The third kappa shape index (κ3) is 3.78. The van der Waals surface area contributed by atoms with Crippen LogP contribution in [0, 0.1) is 5.82 Å². The molecule has 3 aromatic rings. The van der Waals surface area contributed by atoms with E-state index in [4.69, 9.17) is 0 Å². The number of para-hydroxylation sites is 1. The predicted octanol–water partition coefficient (Wildman–Crippen LogP) is 1.95. The number of nitrogens with zero attached hydrogens (tertiary/aromatic N) is 3. The van der Waals surface area contributed by atoms with Gasteiger partial charge in [-0.3, -0.25) is 4.90 Å². The topological polar surface area (TPSA) is 89.2 Å². The summed E-state index contributed by atoms with van der Waals surface area (Å²) in [4.78, 5) is 14.5. The molecule has 2 atom stereocenters. The molecule has 0 radical (unpaired) electrons. The van der Waals surface area contributed by atoms with E-state index in [2.05, 4.69) is 0 Å². The normalized spacial score (nSPS) is 19.1. The van der Waals surface area contributed by atoms with Crippen LogP contribution in [0.3, 0.4) is 0 Å². The molecule has 7 nitrogen and oxygen atoms in total. The summed E-state index contributed by atoms with van der Waals surface area (Å²) in [6.45, 7) is 1.60. The molecule has 1 aromatic heterocycles. The van der Waals surface area contributed by atoms with Crippen molar-refractivity contribution in [1.29, 1.82) is 0 Å². The Morgan fingerprint density at radius 3 is 2.62 bits per heavy atom. The lowest BCUT2D eigenvalue weighted by molar-refractivity contribution is 0.0196. The molecule has 29 heavy (non-hydrogen) atoms. The Bertz CT molecular complexity index is 1040. The first-order valence-corrected chi connectivity index (χ1v) is 9.65. The zero-order chi connectivity index (χ0) is 20.5. The summed E-state index contributed by atoms with van der Waals surface area (Å²) in [6, 6.07) is 11.9. The number of aliphatic hydroxyl groups excluding tert-OH is 2. The Morgan fingerprint density at radius 2 is 1.86 bits per heavy atom. The van der Waals surface area contributed by atoms with Gasteiger partial charge in [-0.15, -0.1) is 0 Å². The maximum absolute atomic E-state index is 13.8. The fraction of sp³-hybridized carbons (Fsp3) is 0.381. The van der Waals surface area contributed by atoms with E-state index in [1.165, 1.54) is 17.0 Å². The van der Waals surface area contributed by atoms with Crippen LogP contribution in [-0.4, -0.2) is 80.7 Å².